The van der Waals surface area contributed by atoms with Crippen LogP contribution in [0.2, 0.25) is 5.02 Å². The largest absolute Gasteiger partial charge is 0.496 e. The normalized spacial score (nSPS) is 15.7. The van der Waals surface area contributed by atoms with Crippen molar-refractivity contribution >= 4 is 33.2 Å². The molecule has 0 saturated heterocycles. The highest BCUT2D eigenvalue weighted by Gasteiger charge is 2.30. The second kappa shape index (κ2) is 10.6. The molecule has 35 heavy (non-hydrogen) atoms. The van der Waals surface area contributed by atoms with E-state index in [4.69, 9.17) is 21.1 Å². The van der Waals surface area contributed by atoms with E-state index < -0.39 is 16.1 Å². The van der Waals surface area contributed by atoms with Gasteiger partial charge in [-0.2, -0.15) is 0 Å². The molecule has 3 aromatic rings. The number of carbonyl (C=O) groups excluding carboxylic acids is 1. The number of methoxy groups -OCH3 is 1. The zero-order valence-electron chi connectivity index (χ0n) is 19.5. The Hall–Kier alpha value is -3.23. The fourth-order valence-corrected chi connectivity index (χ4v) is 5.38. The first kappa shape index (κ1) is 24.9. The van der Waals surface area contributed by atoms with Crippen molar-refractivity contribution in [2.45, 2.75) is 37.3 Å². The van der Waals surface area contributed by atoms with E-state index in [1.54, 1.807) is 42.3 Å². The number of halogens is 1. The van der Waals surface area contributed by atoms with Crippen LogP contribution in [0, 0.1) is 0 Å². The van der Waals surface area contributed by atoms with Crippen LogP contribution in [-0.4, -0.2) is 39.0 Å². The molecule has 1 heterocycles. The second-order valence-electron chi connectivity index (χ2n) is 8.22. The molecule has 9 heteroatoms. The van der Waals surface area contributed by atoms with Gasteiger partial charge >= 0.3 is 0 Å². The minimum Gasteiger partial charge on any atom is -0.496 e. The van der Waals surface area contributed by atoms with E-state index in [1.807, 2.05) is 31.2 Å². The molecule has 4 rings (SSSR count). The summed E-state index contributed by atoms with van der Waals surface area (Å²) in [6.07, 6.45) is 0.526. The summed E-state index contributed by atoms with van der Waals surface area (Å²) in [7, 11) is -2.21. The van der Waals surface area contributed by atoms with Crippen LogP contribution in [0.3, 0.4) is 0 Å². The number of benzene rings is 3. The highest BCUT2D eigenvalue weighted by molar-refractivity contribution is 7.92. The molecule has 1 aliphatic heterocycles. The minimum atomic E-state index is -3.83. The van der Waals surface area contributed by atoms with E-state index >= 15 is 0 Å². The quantitative estimate of drug-likeness (QED) is 0.462. The van der Waals surface area contributed by atoms with E-state index in [2.05, 4.69) is 4.72 Å². The lowest BCUT2D eigenvalue weighted by Crippen LogP contribution is -2.40. The molecule has 1 amide bonds. The maximum atomic E-state index is 13.2. The van der Waals surface area contributed by atoms with Gasteiger partial charge in [-0.15, -0.1) is 0 Å². The first-order chi connectivity index (χ1) is 16.8. The van der Waals surface area contributed by atoms with Crippen LogP contribution in [0.1, 0.15) is 24.5 Å². The summed E-state index contributed by atoms with van der Waals surface area (Å²) in [6, 6.07) is 18.8. The molecule has 0 radical (unpaired) electrons. The summed E-state index contributed by atoms with van der Waals surface area (Å²) in [5, 5.41) is 0.331. The lowest BCUT2D eigenvalue weighted by molar-refractivity contribution is -0.138. The van der Waals surface area contributed by atoms with Gasteiger partial charge in [0.2, 0.25) is 0 Å². The zero-order valence-corrected chi connectivity index (χ0v) is 21.1. The Morgan fingerprint density at radius 1 is 1.11 bits per heavy atom. The molecule has 3 aromatic carbocycles. The van der Waals surface area contributed by atoms with Gasteiger partial charge in [0, 0.05) is 29.4 Å². The fourth-order valence-electron chi connectivity index (χ4n) is 4.03. The van der Waals surface area contributed by atoms with E-state index in [9.17, 15) is 13.2 Å². The summed E-state index contributed by atoms with van der Waals surface area (Å²) in [6.45, 7) is 2.67. The van der Waals surface area contributed by atoms with Crippen molar-refractivity contribution in [3.63, 3.8) is 0 Å². The molecule has 184 valence electrons. The van der Waals surface area contributed by atoms with Crippen molar-refractivity contribution in [1.29, 1.82) is 0 Å². The van der Waals surface area contributed by atoms with Crippen molar-refractivity contribution in [3.8, 4) is 11.5 Å². The fraction of sp³-hybridized carbons (Fsp3) is 0.269. The smallest absolute Gasteiger partial charge is 0.263 e. The standard InChI is InChI=1S/C26H27ClN2O5S/c1-3-23-26(30)29(14-13-18-7-4-5-10-24(18)33-2)17-19-15-21(11-12-25(19)34-23)28-35(31,32)22-9-6-8-20(27)16-22/h4-12,15-16,23,28H,3,13-14,17H2,1-2H3/t23-/m0/s1. The number of nitrogens with zero attached hydrogens (tertiary/aromatic N) is 1. The average molecular weight is 515 g/mol. The molecule has 0 aliphatic carbocycles. The third-order valence-electron chi connectivity index (χ3n) is 5.85. The van der Waals surface area contributed by atoms with Gasteiger partial charge in [-0.25, -0.2) is 8.42 Å². The Kier molecular flexibility index (Phi) is 7.52. The Labute approximate surface area is 210 Å². The summed E-state index contributed by atoms with van der Waals surface area (Å²) in [5.41, 5.74) is 2.10. The van der Waals surface area contributed by atoms with Gasteiger partial charge < -0.3 is 14.4 Å². The third kappa shape index (κ3) is 5.71. The highest BCUT2D eigenvalue weighted by atomic mass is 35.5. The topological polar surface area (TPSA) is 84.9 Å². The molecular weight excluding hydrogens is 488 g/mol. The molecular formula is C26H27ClN2O5S. The molecule has 0 unspecified atom stereocenters. The number of anilines is 1. The Bertz CT molecular complexity index is 1330. The van der Waals surface area contributed by atoms with Crippen LogP contribution in [0.4, 0.5) is 5.69 Å². The molecule has 0 fully saturated rings. The van der Waals surface area contributed by atoms with Gasteiger partial charge in [-0.3, -0.25) is 9.52 Å². The minimum absolute atomic E-state index is 0.0656. The molecule has 0 saturated carbocycles. The van der Waals surface area contributed by atoms with Crippen LogP contribution in [-0.2, 0) is 27.8 Å². The maximum absolute atomic E-state index is 13.2. The van der Waals surface area contributed by atoms with E-state index in [0.717, 1.165) is 16.9 Å². The lowest BCUT2D eigenvalue weighted by atomic mass is 10.1. The predicted octanol–water partition coefficient (Wildman–Crippen LogP) is 4.89. The van der Waals surface area contributed by atoms with Crippen LogP contribution < -0.4 is 14.2 Å². The van der Waals surface area contributed by atoms with Crippen molar-refractivity contribution in [3.05, 3.63) is 82.9 Å². The summed E-state index contributed by atoms with van der Waals surface area (Å²) >= 11 is 5.96. The number of hydrogen-bond donors (Lipinski definition) is 1. The van der Waals surface area contributed by atoms with Gasteiger partial charge in [0.25, 0.3) is 15.9 Å². The SMILES string of the molecule is CC[C@@H]1Oc2ccc(NS(=O)(=O)c3cccc(Cl)c3)cc2CN(CCc2ccccc2OC)C1=O. The first-order valence-electron chi connectivity index (χ1n) is 11.3. The number of rotatable bonds is 8. The molecule has 1 atom stereocenters. The predicted molar refractivity (Wildman–Crippen MR) is 136 cm³/mol. The van der Waals surface area contributed by atoms with E-state index in [1.165, 1.54) is 12.1 Å². The van der Waals surface area contributed by atoms with Gasteiger partial charge in [-0.05, 0) is 60.9 Å². The molecule has 0 bridgehead atoms. The van der Waals surface area contributed by atoms with Gasteiger partial charge in [-0.1, -0.05) is 42.8 Å². The monoisotopic (exact) mass is 514 g/mol. The van der Waals surface area contributed by atoms with Crippen molar-refractivity contribution in [2.75, 3.05) is 18.4 Å². The molecule has 0 spiro atoms. The molecule has 7 nitrogen and oxygen atoms in total. The molecule has 1 aliphatic rings. The Balaban J connectivity index is 1.58. The number of sulfonamides is 1. The van der Waals surface area contributed by atoms with Gasteiger partial charge in [0.05, 0.1) is 12.0 Å². The number of carbonyl (C=O) groups is 1. The lowest BCUT2D eigenvalue weighted by Gasteiger charge is -2.23. The Morgan fingerprint density at radius 2 is 1.91 bits per heavy atom. The zero-order chi connectivity index (χ0) is 25.0. The number of amides is 1. The molecule has 0 aromatic heterocycles. The maximum Gasteiger partial charge on any atom is 0.263 e. The summed E-state index contributed by atoms with van der Waals surface area (Å²) in [5.74, 6) is 1.24. The van der Waals surface area contributed by atoms with E-state index in [-0.39, 0.29) is 10.8 Å². The second-order valence-corrected chi connectivity index (χ2v) is 10.3. The number of para-hydroxylation sites is 1. The number of ether oxygens (including phenoxy) is 2. The van der Waals surface area contributed by atoms with Crippen molar-refractivity contribution in [2.24, 2.45) is 0 Å². The summed E-state index contributed by atoms with van der Waals surface area (Å²) in [4.78, 5) is 15.0. The molecule has 1 N–H and O–H groups in total. The van der Waals surface area contributed by atoms with Crippen molar-refractivity contribution < 1.29 is 22.7 Å². The van der Waals surface area contributed by atoms with Gasteiger partial charge in [0.1, 0.15) is 11.5 Å². The number of nitrogens with one attached hydrogen (secondary N) is 1. The third-order valence-corrected chi connectivity index (χ3v) is 7.47. The number of hydrogen-bond acceptors (Lipinski definition) is 5. The Morgan fingerprint density at radius 3 is 2.66 bits per heavy atom. The van der Waals surface area contributed by atoms with E-state index in [0.29, 0.717) is 42.4 Å². The number of fused-ring (bicyclic) bond motifs is 1. The highest BCUT2D eigenvalue weighted by Crippen LogP contribution is 2.31. The first-order valence-corrected chi connectivity index (χ1v) is 13.2. The van der Waals surface area contributed by atoms with Crippen LogP contribution in [0.25, 0.3) is 0 Å². The van der Waals surface area contributed by atoms with Crippen LogP contribution in [0.15, 0.2) is 71.6 Å². The van der Waals surface area contributed by atoms with Crippen molar-refractivity contribution in [1.82, 2.24) is 4.90 Å². The summed E-state index contributed by atoms with van der Waals surface area (Å²) < 4.78 is 39.7. The average Bonchev–Trinajstić information content (AvgIpc) is 2.98. The van der Waals surface area contributed by atoms with Crippen LogP contribution in [0.5, 0.6) is 11.5 Å². The van der Waals surface area contributed by atoms with Crippen LogP contribution >= 0.6 is 11.6 Å². The van der Waals surface area contributed by atoms with Gasteiger partial charge in [0.15, 0.2) is 6.10 Å².